The molecule has 0 aliphatic heterocycles. The van der Waals surface area contributed by atoms with Crippen molar-refractivity contribution in [1.82, 2.24) is 4.74 Å². The second-order valence-corrected chi connectivity index (χ2v) is 2.87. The van der Waals surface area contributed by atoms with E-state index in [0.717, 1.165) is 10.3 Å². The lowest BCUT2D eigenvalue weighted by molar-refractivity contribution is 0.111. The summed E-state index contributed by atoms with van der Waals surface area (Å²) in [6.07, 6.45) is 0. The van der Waals surface area contributed by atoms with Crippen molar-refractivity contribution >= 4 is 11.0 Å². The Hall–Kier alpha value is -1.55. The maximum Gasteiger partial charge on any atom is 0.292 e. The van der Waals surface area contributed by atoms with Gasteiger partial charge in [-0.25, -0.2) is 0 Å². The first-order chi connectivity index (χ1) is 6.24. The van der Waals surface area contributed by atoms with Crippen LogP contribution in [-0.2, 0) is 6.73 Å². The first kappa shape index (κ1) is 8.07. The SMILES string of the molecule is Cc1cccc2c(=O)n(CO)oc12. The Bertz CT molecular complexity index is 495. The van der Waals surface area contributed by atoms with Crippen molar-refractivity contribution in [1.29, 1.82) is 0 Å². The van der Waals surface area contributed by atoms with Gasteiger partial charge in [0.25, 0.3) is 5.56 Å². The van der Waals surface area contributed by atoms with E-state index in [4.69, 9.17) is 9.63 Å². The number of para-hydroxylation sites is 1. The quantitative estimate of drug-likeness (QED) is 0.706. The lowest BCUT2D eigenvalue weighted by atomic mass is 10.2. The molecule has 2 rings (SSSR count). The molecule has 0 saturated heterocycles. The van der Waals surface area contributed by atoms with E-state index in [-0.39, 0.29) is 5.56 Å². The van der Waals surface area contributed by atoms with Gasteiger partial charge in [0.2, 0.25) is 0 Å². The van der Waals surface area contributed by atoms with Crippen molar-refractivity contribution in [2.45, 2.75) is 13.7 Å². The molecular formula is C9H9NO3. The summed E-state index contributed by atoms with van der Waals surface area (Å²) in [4.78, 5) is 11.4. The van der Waals surface area contributed by atoms with E-state index < -0.39 is 6.73 Å². The molecule has 1 aromatic heterocycles. The van der Waals surface area contributed by atoms with Crippen molar-refractivity contribution < 1.29 is 9.63 Å². The van der Waals surface area contributed by atoms with Crippen molar-refractivity contribution in [2.24, 2.45) is 0 Å². The summed E-state index contributed by atoms with van der Waals surface area (Å²) in [5.41, 5.74) is 1.14. The highest BCUT2D eigenvalue weighted by molar-refractivity contribution is 5.78. The number of aliphatic hydroxyl groups is 1. The van der Waals surface area contributed by atoms with Crippen LogP contribution in [-0.4, -0.2) is 9.85 Å². The van der Waals surface area contributed by atoms with Gasteiger partial charge in [-0.3, -0.25) is 4.79 Å². The van der Waals surface area contributed by atoms with E-state index in [1.54, 1.807) is 12.1 Å². The molecule has 68 valence electrons. The lowest BCUT2D eigenvalue weighted by Crippen LogP contribution is -2.13. The zero-order valence-corrected chi connectivity index (χ0v) is 7.15. The van der Waals surface area contributed by atoms with Crippen molar-refractivity contribution in [2.75, 3.05) is 0 Å². The Kier molecular flexibility index (Phi) is 1.70. The third kappa shape index (κ3) is 1.07. The highest BCUT2D eigenvalue weighted by Crippen LogP contribution is 2.14. The van der Waals surface area contributed by atoms with Crippen LogP contribution in [0.1, 0.15) is 5.56 Å². The molecule has 13 heavy (non-hydrogen) atoms. The van der Waals surface area contributed by atoms with Crippen molar-refractivity contribution in [3.63, 3.8) is 0 Å². The third-order valence-corrected chi connectivity index (χ3v) is 2.00. The number of rotatable bonds is 1. The highest BCUT2D eigenvalue weighted by atomic mass is 16.5. The van der Waals surface area contributed by atoms with Crippen LogP contribution in [0.15, 0.2) is 27.5 Å². The van der Waals surface area contributed by atoms with Gasteiger partial charge >= 0.3 is 0 Å². The molecule has 4 nitrogen and oxygen atoms in total. The predicted octanol–water partition coefficient (Wildman–Crippen LogP) is 0.853. The van der Waals surface area contributed by atoms with Crippen LogP contribution in [0.3, 0.4) is 0 Å². The number of benzene rings is 1. The van der Waals surface area contributed by atoms with Crippen LogP contribution in [0.5, 0.6) is 0 Å². The van der Waals surface area contributed by atoms with Gasteiger partial charge in [-0.15, -0.1) is 4.74 Å². The first-order valence-electron chi connectivity index (χ1n) is 3.94. The average molecular weight is 179 g/mol. The summed E-state index contributed by atoms with van der Waals surface area (Å²) < 4.78 is 6.06. The van der Waals surface area contributed by atoms with E-state index >= 15 is 0 Å². The zero-order chi connectivity index (χ0) is 9.42. The summed E-state index contributed by atoms with van der Waals surface area (Å²) in [5, 5.41) is 9.29. The number of hydrogen-bond acceptors (Lipinski definition) is 3. The van der Waals surface area contributed by atoms with Crippen LogP contribution in [0.2, 0.25) is 0 Å². The van der Waals surface area contributed by atoms with Gasteiger partial charge < -0.3 is 9.63 Å². The fourth-order valence-corrected chi connectivity index (χ4v) is 1.32. The van der Waals surface area contributed by atoms with E-state index in [0.29, 0.717) is 11.0 Å². The Labute approximate surface area is 74.0 Å². The van der Waals surface area contributed by atoms with Crippen LogP contribution in [0.4, 0.5) is 0 Å². The topological polar surface area (TPSA) is 55.4 Å². The van der Waals surface area contributed by atoms with Crippen LogP contribution < -0.4 is 5.56 Å². The average Bonchev–Trinajstić information content (AvgIpc) is 2.45. The summed E-state index contributed by atoms with van der Waals surface area (Å²) in [5.74, 6) is 0. The largest absolute Gasteiger partial charge is 0.373 e. The van der Waals surface area contributed by atoms with Gasteiger partial charge in [0.15, 0.2) is 12.3 Å². The van der Waals surface area contributed by atoms with Gasteiger partial charge in [0, 0.05) is 0 Å². The minimum atomic E-state index is -0.424. The molecule has 0 atom stereocenters. The smallest absolute Gasteiger partial charge is 0.292 e. The van der Waals surface area contributed by atoms with Gasteiger partial charge in [-0.1, -0.05) is 12.1 Å². The Balaban J connectivity index is 2.92. The molecule has 4 heteroatoms. The molecule has 1 aromatic carbocycles. The van der Waals surface area contributed by atoms with Crippen LogP contribution >= 0.6 is 0 Å². The maximum absolute atomic E-state index is 11.4. The van der Waals surface area contributed by atoms with Gasteiger partial charge in [0.1, 0.15) is 0 Å². The summed E-state index contributed by atoms with van der Waals surface area (Å²) in [6, 6.07) is 5.32. The Morgan fingerprint density at radius 2 is 2.31 bits per heavy atom. The van der Waals surface area contributed by atoms with E-state index in [1.165, 1.54) is 0 Å². The number of aliphatic hydroxyl groups excluding tert-OH is 1. The van der Waals surface area contributed by atoms with E-state index in [9.17, 15) is 4.79 Å². The van der Waals surface area contributed by atoms with Gasteiger partial charge in [-0.2, -0.15) is 0 Å². The second-order valence-electron chi connectivity index (χ2n) is 2.87. The molecule has 0 aliphatic carbocycles. The molecule has 0 fully saturated rings. The molecule has 2 aromatic rings. The Morgan fingerprint density at radius 1 is 1.54 bits per heavy atom. The zero-order valence-electron chi connectivity index (χ0n) is 7.15. The van der Waals surface area contributed by atoms with E-state index in [1.807, 2.05) is 13.0 Å². The summed E-state index contributed by atoms with van der Waals surface area (Å²) in [7, 11) is 0. The van der Waals surface area contributed by atoms with Gasteiger partial charge in [0.05, 0.1) is 5.39 Å². The fraction of sp³-hybridized carbons (Fsp3) is 0.222. The minimum absolute atomic E-state index is 0.291. The third-order valence-electron chi connectivity index (χ3n) is 2.00. The highest BCUT2D eigenvalue weighted by Gasteiger charge is 2.09. The number of aryl methyl sites for hydroxylation is 1. The minimum Gasteiger partial charge on any atom is -0.373 e. The normalized spacial score (nSPS) is 10.9. The predicted molar refractivity (Wildman–Crippen MR) is 47.4 cm³/mol. The maximum atomic E-state index is 11.4. The monoisotopic (exact) mass is 179 g/mol. The summed E-state index contributed by atoms with van der Waals surface area (Å²) >= 11 is 0. The van der Waals surface area contributed by atoms with E-state index in [2.05, 4.69) is 0 Å². The van der Waals surface area contributed by atoms with Crippen molar-refractivity contribution in [3.05, 3.63) is 34.1 Å². The first-order valence-corrected chi connectivity index (χ1v) is 3.94. The molecule has 0 saturated carbocycles. The molecule has 0 radical (unpaired) electrons. The molecule has 0 unspecified atom stereocenters. The summed E-state index contributed by atoms with van der Waals surface area (Å²) in [6.45, 7) is 1.43. The molecule has 0 aliphatic rings. The number of hydrogen-bond donors (Lipinski definition) is 1. The number of fused-ring (bicyclic) bond motifs is 1. The second kappa shape index (κ2) is 2.74. The molecule has 0 spiro atoms. The molecular weight excluding hydrogens is 170 g/mol. The van der Waals surface area contributed by atoms with Crippen LogP contribution in [0.25, 0.3) is 11.0 Å². The Morgan fingerprint density at radius 3 is 2.92 bits per heavy atom. The molecule has 1 N–H and O–H groups in total. The standard InChI is InChI=1S/C9H9NO3/c1-6-3-2-4-7-8(6)13-10(5-11)9(7)12/h2-4,11H,5H2,1H3. The van der Waals surface area contributed by atoms with Crippen molar-refractivity contribution in [3.8, 4) is 0 Å². The van der Waals surface area contributed by atoms with Gasteiger partial charge in [-0.05, 0) is 18.6 Å². The number of nitrogens with zero attached hydrogens (tertiary/aromatic N) is 1. The molecule has 1 heterocycles. The fourth-order valence-electron chi connectivity index (χ4n) is 1.32. The molecule has 0 amide bonds. The van der Waals surface area contributed by atoms with Crippen LogP contribution in [0, 0.1) is 6.92 Å². The molecule has 0 bridgehead atoms. The number of aromatic nitrogens is 1. The lowest BCUT2D eigenvalue weighted by Gasteiger charge is -1.90.